The van der Waals surface area contributed by atoms with Gasteiger partial charge in [-0.3, -0.25) is 14.5 Å². The Morgan fingerprint density at radius 1 is 1.27 bits per heavy atom. The molecule has 3 aromatic rings. The molecular weight excluding hydrogens is 402 g/mol. The predicted molar refractivity (Wildman–Crippen MR) is 117 cm³/mol. The third kappa shape index (κ3) is 4.11. The highest BCUT2D eigenvalue weighted by molar-refractivity contribution is 7.17. The standard InChI is InChI=1S/C22H25N3O4S/c1-3-29-22(27)14-8-10-25(11-9-14)12-18-23-20(26)19-16(13-30-21(19)24-18)15-6-4-5-7-17(15)28-2/h4-7,13-14H,3,8-12H2,1-2H3,(H,23,24,26). The Kier molecular flexibility index (Phi) is 6.15. The van der Waals surface area contributed by atoms with Gasteiger partial charge in [0.25, 0.3) is 5.56 Å². The monoisotopic (exact) mass is 427 g/mol. The number of ether oxygens (including phenoxy) is 2. The van der Waals surface area contributed by atoms with E-state index in [1.807, 2.05) is 36.6 Å². The number of carbonyl (C=O) groups excluding carboxylic acids is 1. The summed E-state index contributed by atoms with van der Waals surface area (Å²) in [4.78, 5) is 35.4. The molecule has 1 saturated heterocycles. The summed E-state index contributed by atoms with van der Waals surface area (Å²) in [6.07, 6.45) is 1.53. The van der Waals surface area contributed by atoms with Crippen molar-refractivity contribution in [2.75, 3.05) is 26.8 Å². The fourth-order valence-corrected chi connectivity index (χ4v) is 4.89. The Balaban J connectivity index is 1.53. The Bertz CT molecular complexity index is 1100. The second-order valence-electron chi connectivity index (χ2n) is 7.34. The molecule has 1 aliphatic rings. The maximum Gasteiger partial charge on any atom is 0.309 e. The van der Waals surface area contributed by atoms with E-state index in [2.05, 4.69) is 9.88 Å². The van der Waals surface area contributed by atoms with Gasteiger partial charge in [-0.05, 0) is 38.9 Å². The van der Waals surface area contributed by atoms with Crippen molar-refractivity contribution in [2.24, 2.45) is 5.92 Å². The van der Waals surface area contributed by atoms with Crippen LogP contribution < -0.4 is 10.3 Å². The van der Waals surface area contributed by atoms with Gasteiger partial charge in [-0.15, -0.1) is 11.3 Å². The normalized spacial score (nSPS) is 15.4. The number of methoxy groups -OCH3 is 1. The summed E-state index contributed by atoms with van der Waals surface area (Å²) >= 11 is 1.46. The summed E-state index contributed by atoms with van der Waals surface area (Å²) in [6, 6.07) is 7.66. The van der Waals surface area contributed by atoms with Crippen LogP contribution in [0.1, 0.15) is 25.6 Å². The number of hydrogen-bond donors (Lipinski definition) is 1. The van der Waals surface area contributed by atoms with Crippen molar-refractivity contribution in [1.82, 2.24) is 14.9 Å². The van der Waals surface area contributed by atoms with Crippen LogP contribution in [0.3, 0.4) is 0 Å². The molecule has 0 aliphatic carbocycles. The Morgan fingerprint density at radius 2 is 2.03 bits per heavy atom. The zero-order chi connectivity index (χ0) is 21.1. The molecule has 0 bridgehead atoms. The van der Waals surface area contributed by atoms with E-state index < -0.39 is 0 Å². The van der Waals surface area contributed by atoms with Gasteiger partial charge in [-0.1, -0.05) is 18.2 Å². The number of thiophene rings is 1. The van der Waals surface area contributed by atoms with Crippen molar-refractivity contribution < 1.29 is 14.3 Å². The molecule has 0 saturated carbocycles. The number of carbonyl (C=O) groups is 1. The van der Waals surface area contributed by atoms with E-state index in [0.717, 1.165) is 47.6 Å². The first kappa shape index (κ1) is 20.6. The number of piperidine rings is 1. The lowest BCUT2D eigenvalue weighted by Crippen LogP contribution is -2.37. The molecular formula is C22H25N3O4S. The number of esters is 1. The number of likely N-dealkylation sites (tertiary alicyclic amines) is 1. The van der Waals surface area contributed by atoms with Crippen molar-refractivity contribution in [2.45, 2.75) is 26.3 Å². The van der Waals surface area contributed by atoms with Crippen LogP contribution in [-0.4, -0.2) is 47.6 Å². The van der Waals surface area contributed by atoms with Gasteiger partial charge in [-0.2, -0.15) is 0 Å². The zero-order valence-corrected chi connectivity index (χ0v) is 18.0. The highest BCUT2D eigenvalue weighted by atomic mass is 32.1. The SMILES string of the molecule is CCOC(=O)C1CCN(Cc2nc3scc(-c4ccccc4OC)c3c(=O)[nH]2)CC1. The number of fused-ring (bicyclic) bond motifs is 1. The number of hydrogen-bond acceptors (Lipinski definition) is 7. The van der Waals surface area contributed by atoms with Gasteiger partial charge < -0.3 is 14.5 Å². The van der Waals surface area contributed by atoms with E-state index in [0.29, 0.717) is 24.4 Å². The van der Waals surface area contributed by atoms with E-state index in [9.17, 15) is 9.59 Å². The number of rotatable bonds is 6. The fourth-order valence-electron chi connectivity index (χ4n) is 3.93. The minimum atomic E-state index is -0.140. The van der Waals surface area contributed by atoms with E-state index in [-0.39, 0.29) is 17.4 Å². The highest BCUT2D eigenvalue weighted by Crippen LogP contribution is 2.36. The molecule has 1 aromatic carbocycles. The maximum absolute atomic E-state index is 12.9. The number of aromatic nitrogens is 2. The van der Waals surface area contributed by atoms with Gasteiger partial charge in [0, 0.05) is 16.5 Å². The Morgan fingerprint density at radius 3 is 2.77 bits per heavy atom. The molecule has 0 atom stereocenters. The number of para-hydroxylation sites is 1. The first-order valence-electron chi connectivity index (χ1n) is 10.1. The van der Waals surface area contributed by atoms with Crippen molar-refractivity contribution in [3.8, 4) is 16.9 Å². The molecule has 0 radical (unpaired) electrons. The largest absolute Gasteiger partial charge is 0.496 e. The van der Waals surface area contributed by atoms with Crippen molar-refractivity contribution >= 4 is 27.5 Å². The topological polar surface area (TPSA) is 84.5 Å². The van der Waals surface area contributed by atoms with Crippen LogP contribution in [-0.2, 0) is 16.1 Å². The lowest BCUT2D eigenvalue weighted by atomic mass is 9.97. The lowest BCUT2D eigenvalue weighted by molar-refractivity contribution is -0.149. The van der Waals surface area contributed by atoms with Gasteiger partial charge in [0.1, 0.15) is 16.4 Å². The molecule has 30 heavy (non-hydrogen) atoms. The number of nitrogens with one attached hydrogen (secondary N) is 1. The second-order valence-corrected chi connectivity index (χ2v) is 8.20. The number of benzene rings is 1. The average Bonchev–Trinajstić information content (AvgIpc) is 3.19. The van der Waals surface area contributed by atoms with E-state index >= 15 is 0 Å². The summed E-state index contributed by atoms with van der Waals surface area (Å²) in [7, 11) is 1.62. The first-order chi connectivity index (χ1) is 14.6. The quantitative estimate of drug-likeness (QED) is 0.607. The first-order valence-corrected chi connectivity index (χ1v) is 11.0. The summed E-state index contributed by atoms with van der Waals surface area (Å²) < 4.78 is 10.6. The van der Waals surface area contributed by atoms with Gasteiger partial charge in [0.05, 0.1) is 31.6 Å². The summed E-state index contributed by atoms with van der Waals surface area (Å²) in [6.45, 7) is 4.36. The van der Waals surface area contributed by atoms with E-state index in [4.69, 9.17) is 14.5 Å². The van der Waals surface area contributed by atoms with Crippen LogP contribution in [0.4, 0.5) is 0 Å². The van der Waals surface area contributed by atoms with Crippen LogP contribution in [0.15, 0.2) is 34.4 Å². The predicted octanol–water partition coefficient (Wildman–Crippen LogP) is 3.44. The molecule has 0 spiro atoms. The van der Waals surface area contributed by atoms with Crippen molar-refractivity contribution in [1.29, 1.82) is 0 Å². The molecule has 1 fully saturated rings. The van der Waals surface area contributed by atoms with Crippen LogP contribution in [0.25, 0.3) is 21.3 Å². The summed E-state index contributed by atoms with van der Waals surface area (Å²) in [5.41, 5.74) is 1.58. The molecule has 2 aromatic heterocycles. The van der Waals surface area contributed by atoms with Crippen LogP contribution in [0.2, 0.25) is 0 Å². The van der Waals surface area contributed by atoms with Crippen LogP contribution in [0.5, 0.6) is 5.75 Å². The number of H-pyrrole nitrogens is 1. The summed E-state index contributed by atoms with van der Waals surface area (Å²) in [5.74, 6) is 1.24. The Labute approximate surface area is 178 Å². The molecule has 1 aliphatic heterocycles. The smallest absolute Gasteiger partial charge is 0.309 e. The minimum absolute atomic E-state index is 0.0311. The summed E-state index contributed by atoms with van der Waals surface area (Å²) in [5, 5.41) is 2.55. The van der Waals surface area contributed by atoms with Gasteiger partial charge >= 0.3 is 5.97 Å². The molecule has 0 unspecified atom stereocenters. The van der Waals surface area contributed by atoms with Gasteiger partial charge in [0.2, 0.25) is 0 Å². The minimum Gasteiger partial charge on any atom is -0.496 e. The van der Waals surface area contributed by atoms with Crippen molar-refractivity contribution in [3.05, 3.63) is 45.8 Å². The fraction of sp³-hybridized carbons (Fsp3) is 0.409. The van der Waals surface area contributed by atoms with E-state index in [1.165, 1.54) is 11.3 Å². The average molecular weight is 428 g/mol. The van der Waals surface area contributed by atoms with E-state index in [1.54, 1.807) is 7.11 Å². The number of nitrogens with zero attached hydrogens (tertiary/aromatic N) is 2. The van der Waals surface area contributed by atoms with Crippen molar-refractivity contribution in [3.63, 3.8) is 0 Å². The number of aromatic amines is 1. The molecule has 158 valence electrons. The van der Waals surface area contributed by atoms with Crippen LogP contribution in [0, 0.1) is 5.92 Å². The molecule has 7 nitrogen and oxygen atoms in total. The molecule has 0 amide bonds. The second kappa shape index (κ2) is 8.97. The molecule has 4 rings (SSSR count). The third-order valence-electron chi connectivity index (χ3n) is 5.47. The molecule has 8 heteroatoms. The van der Waals surface area contributed by atoms with Gasteiger partial charge in [-0.25, -0.2) is 4.98 Å². The lowest BCUT2D eigenvalue weighted by Gasteiger charge is -2.30. The third-order valence-corrected chi connectivity index (χ3v) is 6.34. The van der Waals surface area contributed by atoms with Gasteiger partial charge in [0.15, 0.2) is 0 Å². The van der Waals surface area contributed by atoms with Crippen LogP contribution >= 0.6 is 11.3 Å². The highest BCUT2D eigenvalue weighted by Gasteiger charge is 2.26. The molecule has 3 heterocycles. The maximum atomic E-state index is 12.9. The Hall–Kier alpha value is -2.71. The molecule has 1 N–H and O–H groups in total. The zero-order valence-electron chi connectivity index (χ0n) is 17.1.